The summed E-state index contributed by atoms with van der Waals surface area (Å²) in [7, 11) is -3.21. The minimum atomic E-state index is -3.21. The van der Waals surface area contributed by atoms with Gasteiger partial charge in [0.15, 0.2) is 0 Å². The molecule has 42 heavy (non-hydrogen) atoms. The largest absolute Gasteiger partial charge is 0.459 e. The monoisotopic (exact) mass is 584 g/mol. The van der Waals surface area contributed by atoms with Gasteiger partial charge in [-0.1, -0.05) is 19.1 Å². The van der Waals surface area contributed by atoms with Crippen molar-refractivity contribution in [3.05, 3.63) is 102 Å². The van der Waals surface area contributed by atoms with E-state index in [9.17, 15) is 12.8 Å². The molecule has 0 saturated heterocycles. The third-order valence-electron chi connectivity index (χ3n) is 6.94. The number of nitrogens with one attached hydrogen (secondary N) is 2. The van der Waals surface area contributed by atoms with Crippen LogP contribution in [0.4, 0.5) is 15.9 Å². The summed E-state index contributed by atoms with van der Waals surface area (Å²) in [5, 5.41) is 12.8. The van der Waals surface area contributed by atoms with Gasteiger partial charge in [0.1, 0.15) is 39.3 Å². The van der Waals surface area contributed by atoms with Crippen molar-refractivity contribution in [3.8, 4) is 11.3 Å². The Labute approximate surface area is 242 Å². The first-order valence-electron chi connectivity index (χ1n) is 13.5. The summed E-state index contributed by atoms with van der Waals surface area (Å²) in [5.41, 5.74) is 4.17. The molecule has 3 aromatic carbocycles. The maximum absolute atomic E-state index is 13.6. The number of hydrogen-bond donors (Lipinski definition) is 2. The third-order valence-corrected chi connectivity index (χ3v) is 7.87. The Kier molecular flexibility index (Phi) is 7.44. The molecule has 0 unspecified atom stereocenters. The molecule has 0 radical (unpaired) electrons. The van der Waals surface area contributed by atoms with Gasteiger partial charge in [0.05, 0.1) is 35.6 Å². The molecule has 2 N–H and O–H groups in total. The van der Waals surface area contributed by atoms with Crippen molar-refractivity contribution >= 4 is 43.1 Å². The van der Waals surface area contributed by atoms with E-state index in [0.717, 1.165) is 38.6 Å². The Morgan fingerprint density at radius 1 is 1.02 bits per heavy atom. The fraction of sp³-hybridized carbons (Fsp3) is 0.194. The van der Waals surface area contributed by atoms with Crippen LogP contribution >= 0.6 is 0 Å². The van der Waals surface area contributed by atoms with E-state index in [-0.39, 0.29) is 11.6 Å². The summed E-state index contributed by atoms with van der Waals surface area (Å²) in [4.78, 5) is 8.92. The minimum Gasteiger partial charge on any atom is -0.459 e. The van der Waals surface area contributed by atoms with Crippen LogP contribution in [0.3, 0.4) is 0 Å². The van der Waals surface area contributed by atoms with Gasteiger partial charge in [-0.3, -0.25) is 4.68 Å². The summed E-state index contributed by atoms with van der Waals surface area (Å²) in [6.45, 7) is 3.00. The molecule has 0 saturated carbocycles. The molecule has 11 heteroatoms. The van der Waals surface area contributed by atoms with Gasteiger partial charge >= 0.3 is 0 Å². The van der Waals surface area contributed by atoms with Crippen molar-refractivity contribution < 1.29 is 17.2 Å². The van der Waals surface area contributed by atoms with Crippen molar-refractivity contribution in [3.63, 3.8) is 0 Å². The Balaban J connectivity index is 1.27. The quantitative estimate of drug-likeness (QED) is 0.206. The molecule has 3 aromatic heterocycles. The number of anilines is 2. The van der Waals surface area contributed by atoms with Crippen molar-refractivity contribution in [2.45, 2.75) is 19.5 Å². The predicted octanol–water partition coefficient (Wildman–Crippen LogP) is 5.87. The summed E-state index contributed by atoms with van der Waals surface area (Å²) in [6.07, 6.45) is 4.52. The summed E-state index contributed by atoms with van der Waals surface area (Å²) < 4.78 is 45.5. The molecule has 0 bridgehead atoms. The number of nitrogens with zero attached hydrogens (tertiary/aromatic N) is 4. The Bertz CT molecular complexity index is 2000. The molecule has 0 spiro atoms. The van der Waals surface area contributed by atoms with Crippen molar-refractivity contribution in [2.75, 3.05) is 23.9 Å². The molecule has 0 amide bonds. The number of fused-ring (bicyclic) bond motifs is 2. The van der Waals surface area contributed by atoms with E-state index >= 15 is 0 Å². The molecule has 3 heterocycles. The van der Waals surface area contributed by atoms with Gasteiger partial charge in [0.25, 0.3) is 0 Å². The SMILES string of the molecule is CCN[C@H](CS(C)(=O)=O)c1ccc(-c2ccc3ncnc(Nc4ccc5c(cnn5Cc5cccc(F)c5)c4)c3c2)o1. The number of benzene rings is 3. The number of aromatic nitrogens is 4. The first-order chi connectivity index (χ1) is 20.3. The van der Waals surface area contributed by atoms with Crippen LogP contribution in [-0.4, -0.2) is 46.7 Å². The molecule has 9 nitrogen and oxygen atoms in total. The fourth-order valence-electron chi connectivity index (χ4n) is 5.03. The van der Waals surface area contributed by atoms with E-state index in [2.05, 4.69) is 25.7 Å². The molecular weight excluding hydrogens is 555 g/mol. The van der Waals surface area contributed by atoms with Crippen molar-refractivity contribution in [1.29, 1.82) is 0 Å². The number of hydrogen-bond acceptors (Lipinski definition) is 8. The van der Waals surface area contributed by atoms with Crippen LogP contribution in [0.1, 0.15) is 24.3 Å². The number of sulfone groups is 1. The van der Waals surface area contributed by atoms with Crippen molar-refractivity contribution in [2.24, 2.45) is 0 Å². The van der Waals surface area contributed by atoms with Gasteiger partial charge in [-0.2, -0.15) is 5.10 Å². The third kappa shape index (κ3) is 6.02. The summed E-state index contributed by atoms with van der Waals surface area (Å²) in [5.74, 6) is 1.48. The highest BCUT2D eigenvalue weighted by atomic mass is 32.2. The Hall–Kier alpha value is -4.61. The van der Waals surface area contributed by atoms with Gasteiger partial charge in [-0.15, -0.1) is 0 Å². The lowest BCUT2D eigenvalue weighted by molar-refractivity contribution is 0.443. The van der Waals surface area contributed by atoms with Crippen LogP contribution in [0.5, 0.6) is 0 Å². The zero-order valence-corrected chi connectivity index (χ0v) is 23.9. The fourth-order valence-corrected chi connectivity index (χ4v) is 5.92. The molecular formula is C31H29FN6O3S. The molecule has 6 rings (SSSR count). The van der Waals surface area contributed by atoms with Gasteiger partial charge < -0.3 is 15.1 Å². The smallest absolute Gasteiger partial charge is 0.149 e. The van der Waals surface area contributed by atoms with E-state index in [0.29, 0.717) is 30.4 Å². The first-order valence-corrected chi connectivity index (χ1v) is 15.5. The van der Waals surface area contributed by atoms with Gasteiger partial charge in [-0.25, -0.2) is 22.8 Å². The first kappa shape index (κ1) is 27.6. The maximum Gasteiger partial charge on any atom is 0.149 e. The average Bonchev–Trinajstić information content (AvgIpc) is 3.60. The lowest BCUT2D eigenvalue weighted by Crippen LogP contribution is -2.27. The van der Waals surface area contributed by atoms with E-state index in [4.69, 9.17) is 4.42 Å². The van der Waals surface area contributed by atoms with Crippen LogP contribution in [0, 0.1) is 5.82 Å². The normalized spacial score (nSPS) is 12.6. The van der Waals surface area contributed by atoms with Crippen molar-refractivity contribution in [1.82, 2.24) is 25.1 Å². The second kappa shape index (κ2) is 11.3. The Morgan fingerprint density at radius 2 is 1.90 bits per heavy atom. The summed E-state index contributed by atoms with van der Waals surface area (Å²) in [6, 6.07) is 21.4. The second-order valence-electron chi connectivity index (χ2n) is 10.2. The molecule has 0 aliphatic rings. The number of halogens is 1. The molecule has 214 valence electrons. The highest BCUT2D eigenvalue weighted by Gasteiger charge is 2.20. The van der Waals surface area contributed by atoms with E-state index in [1.807, 2.05) is 66.2 Å². The molecule has 0 aliphatic carbocycles. The zero-order chi connectivity index (χ0) is 29.3. The van der Waals surface area contributed by atoms with Crippen LogP contribution in [0.25, 0.3) is 33.1 Å². The van der Waals surface area contributed by atoms with Crippen LogP contribution < -0.4 is 10.6 Å². The Morgan fingerprint density at radius 3 is 2.71 bits per heavy atom. The maximum atomic E-state index is 13.6. The standard InChI is InChI=1S/C31H29FN6O3S/c1-3-33-27(18-42(2,39)40)30-12-11-29(41-30)21-7-9-26-25(15-21)31(35-19-34-26)37-24-8-10-28-22(14-24)16-36-38(28)17-20-5-4-6-23(32)13-20/h4-16,19,27,33H,3,17-18H2,1-2H3,(H,34,35,37)/t27-/m1/s1. The number of rotatable bonds is 10. The van der Waals surface area contributed by atoms with Gasteiger partial charge in [0.2, 0.25) is 0 Å². The minimum absolute atomic E-state index is 0.0541. The lowest BCUT2D eigenvalue weighted by Gasteiger charge is -2.14. The highest BCUT2D eigenvalue weighted by Crippen LogP contribution is 2.32. The van der Waals surface area contributed by atoms with Gasteiger partial charge in [0, 0.05) is 28.3 Å². The van der Waals surface area contributed by atoms with E-state index < -0.39 is 15.9 Å². The molecule has 1 atom stereocenters. The molecule has 0 fully saturated rings. The second-order valence-corrected chi connectivity index (χ2v) is 12.4. The lowest BCUT2D eigenvalue weighted by atomic mass is 10.1. The average molecular weight is 585 g/mol. The highest BCUT2D eigenvalue weighted by molar-refractivity contribution is 7.90. The van der Waals surface area contributed by atoms with Crippen LogP contribution in [0.2, 0.25) is 0 Å². The summed E-state index contributed by atoms with van der Waals surface area (Å²) >= 11 is 0. The van der Waals surface area contributed by atoms with E-state index in [1.54, 1.807) is 12.3 Å². The topological polar surface area (TPSA) is 115 Å². The van der Waals surface area contributed by atoms with Crippen LogP contribution in [-0.2, 0) is 16.4 Å². The molecule has 0 aliphatic heterocycles. The predicted molar refractivity (Wildman–Crippen MR) is 162 cm³/mol. The number of furan rings is 1. The molecule has 6 aromatic rings. The zero-order valence-electron chi connectivity index (χ0n) is 23.1. The van der Waals surface area contributed by atoms with Crippen LogP contribution in [0.15, 0.2) is 89.7 Å². The van der Waals surface area contributed by atoms with E-state index in [1.165, 1.54) is 24.7 Å². The van der Waals surface area contributed by atoms with Gasteiger partial charge in [-0.05, 0) is 72.8 Å².